The van der Waals surface area contributed by atoms with Crippen LogP contribution in [0.2, 0.25) is 0 Å². The van der Waals surface area contributed by atoms with Crippen molar-refractivity contribution in [2.24, 2.45) is 0 Å². The number of nitrogens with zero attached hydrogens (tertiary/aromatic N) is 4. The number of fused-ring (bicyclic) bond motifs is 5. The van der Waals surface area contributed by atoms with Gasteiger partial charge in [0.2, 0.25) is 5.95 Å². The van der Waals surface area contributed by atoms with Gasteiger partial charge in [0, 0.05) is 5.39 Å². The monoisotopic (exact) mass is 295 g/mol. The van der Waals surface area contributed by atoms with Crippen molar-refractivity contribution >= 4 is 22.5 Å². The molecule has 2 aromatic heterocycles. The molecule has 21 heavy (non-hydrogen) atoms. The van der Waals surface area contributed by atoms with Crippen LogP contribution in [0.5, 0.6) is 11.5 Å². The summed E-state index contributed by atoms with van der Waals surface area (Å²) in [7, 11) is 0. The van der Waals surface area contributed by atoms with E-state index in [2.05, 4.69) is 24.5 Å². The van der Waals surface area contributed by atoms with E-state index in [1.165, 1.54) is 16.6 Å². The normalized spacial score (nSPS) is 16.0. The molecule has 0 saturated heterocycles. The van der Waals surface area contributed by atoms with E-state index in [0.29, 0.717) is 5.39 Å². The van der Waals surface area contributed by atoms with Gasteiger partial charge in [-0.15, -0.1) is 13.9 Å². The van der Waals surface area contributed by atoms with Crippen molar-refractivity contribution in [1.82, 2.24) is 19.6 Å². The lowest BCUT2D eigenvalue weighted by molar-refractivity contribution is -0.286. The van der Waals surface area contributed by atoms with Gasteiger partial charge in [-0.2, -0.15) is 4.52 Å². The third kappa shape index (κ3) is 1.59. The molecule has 1 aromatic carbocycles. The molecule has 0 bridgehead atoms. The van der Waals surface area contributed by atoms with Gasteiger partial charge in [0.25, 0.3) is 0 Å². The van der Waals surface area contributed by atoms with Crippen molar-refractivity contribution in [3.05, 3.63) is 18.0 Å². The summed E-state index contributed by atoms with van der Waals surface area (Å²) >= 11 is 0. The standard InChI is InChI=1S/C11H7F2N5O3/c12-11(13)20-5-2-1-4-7(8(5)21-11)16-10(14)18-9(4)15-6(3-19)17-18/h1-2,19H,3H2,(H2,14,16). The average molecular weight is 295 g/mol. The van der Waals surface area contributed by atoms with Crippen molar-refractivity contribution in [2.75, 3.05) is 5.73 Å². The Labute approximate surface area is 114 Å². The fourth-order valence-corrected chi connectivity index (χ4v) is 2.21. The van der Waals surface area contributed by atoms with E-state index in [1.54, 1.807) is 0 Å². The van der Waals surface area contributed by atoms with E-state index < -0.39 is 6.29 Å². The Bertz CT molecular complexity index is 895. The second kappa shape index (κ2) is 3.67. The fraction of sp³-hybridized carbons (Fsp3) is 0.182. The van der Waals surface area contributed by atoms with E-state index in [4.69, 9.17) is 10.8 Å². The summed E-state index contributed by atoms with van der Waals surface area (Å²) < 4.78 is 36.4. The lowest BCUT2D eigenvalue weighted by Crippen LogP contribution is -2.26. The lowest BCUT2D eigenvalue weighted by atomic mass is 10.2. The first-order chi connectivity index (χ1) is 9.98. The molecule has 108 valence electrons. The number of halogens is 2. The summed E-state index contributed by atoms with van der Waals surface area (Å²) in [5.41, 5.74) is 6.11. The van der Waals surface area contributed by atoms with E-state index in [9.17, 15) is 8.78 Å². The molecule has 0 amide bonds. The predicted molar refractivity (Wildman–Crippen MR) is 64.8 cm³/mol. The summed E-state index contributed by atoms with van der Waals surface area (Å²) in [6.45, 7) is -0.384. The maximum absolute atomic E-state index is 13.2. The smallest absolute Gasteiger partial charge is 0.395 e. The lowest BCUT2D eigenvalue weighted by Gasteiger charge is -2.05. The Balaban J connectivity index is 2.09. The number of hydrogen-bond donors (Lipinski definition) is 2. The number of aliphatic hydroxyl groups excluding tert-OH is 1. The Morgan fingerprint density at radius 2 is 2.10 bits per heavy atom. The van der Waals surface area contributed by atoms with E-state index in [0.717, 1.165) is 0 Å². The number of nitrogens with two attached hydrogens (primary N) is 1. The van der Waals surface area contributed by atoms with Crippen LogP contribution in [-0.4, -0.2) is 31.0 Å². The zero-order valence-electron chi connectivity index (χ0n) is 10.2. The van der Waals surface area contributed by atoms with Crippen molar-refractivity contribution in [3.8, 4) is 11.5 Å². The maximum Gasteiger partial charge on any atom is 0.586 e. The molecule has 8 nitrogen and oxygen atoms in total. The third-order valence-electron chi connectivity index (χ3n) is 3.02. The van der Waals surface area contributed by atoms with Gasteiger partial charge < -0.3 is 20.3 Å². The van der Waals surface area contributed by atoms with Crippen LogP contribution in [0.25, 0.3) is 16.6 Å². The first-order valence-electron chi connectivity index (χ1n) is 5.83. The molecule has 0 spiro atoms. The minimum Gasteiger partial charge on any atom is -0.395 e. The summed E-state index contributed by atoms with van der Waals surface area (Å²) in [5.74, 6) is -0.276. The molecule has 0 atom stereocenters. The number of nitrogen functional groups attached to an aromatic ring is 1. The first kappa shape index (κ1) is 12.0. The van der Waals surface area contributed by atoms with Gasteiger partial charge in [-0.25, -0.2) is 9.97 Å². The van der Waals surface area contributed by atoms with Crippen LogP contribution < -0.4 is 15.2 Å². The molecule has 10 heteroatoms. The van der Waals surface area contributed by atoms with Crippen molar-refractivity contribution in [1.29, 1.82) is 0 Å². The van der Waals surface area contributed by atoms with Crippen LogP contribution >= 0.6 is 0 Å². The van der Waals surface area contributed by atoms with Crippen LogP contribution in [-0.2, 0) is 6.61 Å². The molecule has 3 heterocycles. The molecule has 3 N–H and O–H groups in total. The first-order valence-corrected chi connectivity index (χ1v) is 5.83. The van der Waals surface area contributed by atoms with E-state index >= 15 is 0 Å². The van der Waals surface area contributed by atoms with Crippen LogP contribution in [0.1, 0.15) is 5.82 Å². The molecule has 0 aliphatic carbocycles. The molecule has 1 aliphatic heterocycles. The molecular formula is C11H7F2N5O3. The number of rotatable bonds is 1. The van der Waals surface area contributed by atoms with Gasteiger partial charge in [0.1, 0.15) is 12.1 Å². The zero-order valence-corrected chi connectivity index (χ0v) is 10.2. The van der Waals surface area contributed by atoms with Crippen LogP contribution in [0, 0.1) is 0 Å². The van der Waals surface area contributed by atoms with E-state index in [-0.39, 0.29) is 41.0 Å². The highest BCUT2D eigenvalue weighted by Crippen LogP contribution is 2.45. The van der Waals surface area contributed by atoms with Crippen LogP contribution in [0.3, 0.4) is 0 Å². The number of aliphatic hydroxyl groups is 1. The Kier molecular flexibility index (Phi) is 2.10. The number of aromatic nitrogens is 4. The number of anilines is 1. The SMILES string of the molecule is Nc1nc2c3c(ccc2c2nc(CO)nn12)OC(F)(F)O3. The van der Waals surface area contributed by atoms with Crippen molar-refractivity contribution in [2.45, 2.75) is 12.9 Å². The largest absolute Gasteiger partial charge is 0.586 e. The van der Waals surface area contributed by atoms with Gasteiger partial charge >= 0.3 is 6.29 Å². The average Bonchev–Trinajstić information content (AvgIpc) is 2.98. The molecule has 3 aromatic rings. The molecule has 1 aliphatic rings. The molecule has 4 rings (SSSR count). The van der Waals surface area contributed by atoms with Gasteiger partial charge in [-0.1, -0.05) is 0 Å². The summed E-state index contributed by atoms with van der Waals surface area (Å²) in [5, 5.41) is 13.4. The molecule has 0 radical (unpaired) electrons. The Hall–Kier alpha value is -2.75. The summed E-state index contributed by atoms with van der Waals surface area (Å²) in [6, 6.07) is 2.82. The number of hydrogen-bond acceptors (Lipinski definition) is 7. The second-order valence-corrected chi connectivity index (χ2v) is 4.35. The minimum atomic E-state index is -3.75. The van der Waals surface area contributed by atoms with Gasteiger partial charge in [-0.3, -0.25) is 0 Å². The summed E-state index contributed by atoms with van der Waals surface area (Å²) in [6.07, 6.45) is -3.75. The highest BCUT2D eigenvalue weighted by Gasteiger charge is 2.44. The van der Waals surface area contributed by atoms with Crippen LogP contribution in [0.4, 0.5) is 14.7 Å². The zero-order chi connectivity index (χ0) is 14.8. The molecule has 0 saturated carbocycles. The van der Waals surface area contributed by atoms with Gasteiger partial charge in [0.15, 0.2) is 23.0 Å². The number of alkyl halides is 2. The highest BCUT2D eigenvalue weighted by atomic mass is 19.3. The van der Waals surface area contributed by atoms with Crippen molar-refractivity contribution < 1.29 is 23.4 Å². The topological polar surface area (TPSA) is 108 Å². The second-order valence-electron chi connectivity index (χ2n) is 4.35. The van der Waals surface area contributed by atoms with E-state index in [1.807, 2.05) is 0 Å². The molecule has 0 fully saturated rings. The number of ether oxygens (including phenoxy) is 2. The Morgan fingerprint density at radius 1 is 1.29 bits per heavy atom. The Morgan fingerprint density at radius 3 is 2.86 bits per heavy atom. The van der Waals surface area contributed by atoms with Crippen LogP contribution in [0.15, 0.2) is 12.1 Å². The minimum absolute atomic E-state index is 0.0723. The number of benzene rings is 1. The third-order valence-corrected chi connectivity index (χ3v) is 3.02. The predicted octanol–water partition coefficient (Wildman–Crippen LogP) is 0.673. The summed E-state index contributed by atoms with van der Waals surface area (Å²) in [4.78, 5) is 8.09. The molecule has 0 unspecified atom stereocenters. The van der Waals surface area contributed by atoms with Gasteiger partial charge in [-0.05, 0) is 12.1 Å². The quantitative estimate of drug-likeness (QED) is 0.679. The highest BCUT2D eigenvalue weighted by molar-refractivity contribution is 5.97. The van der Waals surface area contributed by atoms with Crippen molar-refractivity contribution in [3.63, 3.8) is 0 Å². The fourth-order valence-electron chi connectivity index (χ4n) is 2.21. The maximum atomic E-state index is 13.2. The van der Waals surface area contributed by atoms with Gasteiger partial charge in [0.05, 0.1) is 0 Å². The molecular weight excluding hydrogens is 288 g/mol.